The molecular weight excluding hydrogens is 379 g/mol. The highest BCUT2D eigenvalue weighted by Crippen LogP contribution is 2.21. The lowest BCUT2D eigenvalue weighted by molar-refractivity contribution is 0.0950. The Morgan fingerprint density at radius 1 is 0.964 bits per heavy atom. The summed E-state index contributed by atoms with van der Waals surface area (Å²) in [5.41, 5.74) is 1.65. The summed E-state index contributed by atoms with van der Waals surface area (Å²) in [7, 11) is -4.05. The number of hydrogen-bond acceptors (Lipinski definition) is 3. The van der Waals surface area contributed by atoms with Crippen LogP contribution in [0.2, 0.25) is 0 Å². The Hall–Kier alpha value is -3.19. The molecule has 3 aromatic carbocycles. The Balaban J connectivity index is 1.82. The number of para-hydroxylation sites is 1. The topological polar surface area (TPSA) is 75.3 Å². The highest BCUT2D eigenvalue weighted by Gasteiger charge is 2.19. The molecule has 0 saturated carbocycles. The summed E-state index contributed by atoms with van der Waals surface area (Å²) in [5.74, 6) is -1.07. The smallest absolute Gasteiger partial charge is 0.262 e. The van der Waals surface area contributed by atoms with E-state index >= 15 is 0 Å². The number of carbonyl (C=O) groups excluding carboxylic acids is 1. The molecule has 0 fully saturated rings. The summed E-state index contributed by atoms with van der Waals surface area (Å²) in [6, 6.07) is 19.1. The van der Waals surface area contributed by atoms with Crippen molar-refractivity contribution in [1.82, 2.24) is 5.32 Å². The molecule has 5 nitrogen and oxygen atoms in total. The molecule has 3 aromatic rings. The van der Waals surface area contributed by atoms with Crippen LogP contribution in [0.5, 0.6) is 0 Å². The number of rotatable bonds is 6. The second-order valence-corrected chi connectivity index (χ2v) is 7.91. The molecule has 0 heterocycles. The number of nitrogens with one attached hydrogen (secondary N) is 2. The summed E-state index contributed by atoms with van der Waals surface area (Å²) >= 11 is 0. The molecule has 0 atom stereocenters. The molecular formula is C21H19FN2O3S. The lowest BCUT2D eigenvalue weighted by Crippen LogP contribution is -2.24. The molecule has 0 aliphatic carbocycles. The van der Waals surface area contributed by atoms with Gasteiger partial charge in [0.2, 0.25) is 0 Å². The second-order valence-electron chi connectivity index (χ2n) is 6.23. The molecule has 7 heteroatoms. The third-order valence-electron chi connectivity index (χ3n) is 4.18. The fourth-order valence-electron chi connectivity index (χ4n) is 2.63. The normalized spacial score (nSPS) is 11.1. The van der Waals surface area contributed by atoms with Gasteiger partial charge in [-0.1, -0.05) is 48.5 Å². The average molecular weight is 398 g/mol. The first-order valence-corrected chi connectivity index (χ1v) is 10.1. The zero-order valence-corrected chi connectivity index (χ0v) is 16.0. The van der Waals surface area contributed by atoms with Crippen LogP contribution < -0.4 is 10.0 Å². The van der Waals surface area contributed by atoms with Crippen LogP contribution in [-0.4, -0.2) is 14.3 Å². The first-order valence-electron chi connectivity index (χ1n) is 8.57. The van der Waals surface area contributed by atoms with Crippen molar-refractivity contribution in [2.24, 2.45) is 0 Å². The highest BCUT2D eigenvalue weighted by molar-refractivity contribution is 7.92. The van der Waals surface area contributed by atoms with E-state index in [1.165, 1.54) is 30.3 Å². The van der Waals surface area contributed by atoms with Gasteiger partial charge in [0, 0.05) is 12.1 Å². The van der Waals surface area contributed by atoms with Gasteiger partial charge in [0.25, 0.3) is 15.9 Å². The maximum absolute atomic E-state index is 13.8. The Morgan fingerprint density at radius 3 is 2.36 bits per heavy atom. The van der Waals surface area contributed by atoms with Gasteiger partial charge in [-0.15, -0.1) is 0 Å². The van der Waals surface area contributed by atoms with Gasteiger partial charge < -0.3 is 5.32 Å². The molecule has 0 spiro atoms. The third kappa shape index (κ3) is 4.55. The molecule has 3 rings (SSSR count). The van der Waals surface area contributed by atoms with E-state index in [-0.39, 0.29) is 22.1 Å². The predicted octanol–water partition coefficient (Wildman–Crippen LogP) is 3.86. The van der Waals surface area contributed by atoms with Crippen LogP contribution in [0.4, 0.5) is 10.1 Å². The largest absolute Gasteiger partial charge is 0.348 e. The Bertz CT molecular complexity index is 1100. The molecule has 1 amide bonds. The Labute approximate surface area is 163 Å². The second kappa shape index (κ2) is 8.22. The maximum atomic E-state index is 13.8. The van der Waals surface area contributed by atoms with Crippen molar-refractivity contribution in [2.75, 3.05) is 4.72 Å². The van der Waals surface area contributed by atoms with Gasteiger partial charge in [-0.2, -0.15) is 0 Å². The summed E-state index contributed by atoms with van der Waals surface area (Å²) in [5, 5.41) is 2.78. The number of aryl methyl sites for hydroxylation is 1. The van der Waals surface area contributed by atoms with Gasteiger partial charge in [0.1, 0.15) is 5.82 Å². The van der Waals surface area contributed by atoms with Crippen LogP contribution in [0.15, 0.2) is 77.7 Å². The highest BCUT2D eigenvalue weighted by atomic mass is 32.2. The van der Waals surface area contributed by atoms with Gasteiger partial charge in [0.05, 0.1) is 10.6 Å². The van der Waals surface area contributed by atoms with Gasteiger partial charge in [-0.25, -0.2) is 12.8 Å². The standard InChI is InChI=1S/C21H19FN2O3S/c1-15-11-12-17(28(26,27)24-20-10-6-5-9-19(20)22)13-18(15)21(25)23-14-16-7-3-2-4-8-16/h2-13,24H,14H2,1H3,(H,23,25). The first-order chi connectivity index (χ1) is 13.4. The number of benzene rings is 3. The molecule has 0 bridgehead atoms. The zero-order valence-electron chi connectivity index (χ0n) is 15.1. The molecule has 0 radical (unpaired) electrons. The van der Waals surface area contributed by atoms with Crippen molar-refractivity contribution in [3.8, 4) is 0 Å². The molecule has 0 aliphatic rings. The van der Waals surface area contributed by atoms with E-state index in [4.69, 9.17) is 0 Å². The van der Waals surface area contributed by atoms with Crippen LogP contribution >= 0.6 is 0 Å². The minimum absolute atomic E-state index is 0.119. The number of carbonyl (C=O) groups is 1. The predicted molar refractivity (Wildman–Crippen MR) is 106 cm³/mol. The molecule has 0 aromatic heterocycles. The van der Waals surface area contributed by atoms with Crippen molar-refractivity contribution in [2.45, 2.75) is 18.4 Å². The molecule has 0 unspecified atom stereocenters. The van der Waals surface area contributed by atoms with Crippen molar-refractivity contribution >= 4 is 21.6 Å². The molecule has 0 aliphatic heterocycles. The van der Waals surface area contributed by atoms with Gasteiger partial charge in [0.15, 0.2) is 0 Å². The summed E-state index contributed by atoms with van der Waals surface area (Å²) < 4.78 is 41.2. The van der Waals surface area contributed by atoms with E-state index in [0.29, 0.717) is 12.1 Å². The fourth-order valence-corrected chi connectivity index (χ4v) is 3.73. The fraction of sp³-hybridized carbons (Fsp3) is 0.0952. The lowest BCUT2D eigenvalue weighted by Gasteiger charge is -2.12. The number of sulfonamides is 1. The van der Waals surface area contributed by atoms with E-state index in [2.05, 4.69) is 10.0 Å². The van der Waals surface area contributed by atoms with Gasteiger partial charge >= 0.3 is 0 Å². The van der Waals surface area contributed by atoms with E-state index in [1.54, 1.807) is 13.0 Å². The number of anilines is 1. The van der Waals surface area contributed by atoms with Crippen LogP contribution in [0.1, 0.15) is 21.5 Å². The quantitative estimate of drug-likeness (QED) is 0.662. The first kappa shape index (κ1) is 19.6. The maximum Gasteiger partial charge on any atom is 0.262 e. The molecule has 144 valence electrons. The number of halogens is 1. The van der Waals surface area contributed by atoms with E-state index in [0.717, 1.165) is 11.6 Å². The van der Waals surface area contributed by atoms with E-state index in [9.17, 15) is 17.6 Å². The Morgan fingerprint density at radius 2 is 1.64 bits per heavy atom. The number of amides is 1. The van der Waals surface area contributed by atoms with E-state index in [1.807, 2.05) is 30.3 Å². The van der Waals surface area contributed by atoms with Crippen molar-refractivity contribution in [3.05, 3.63) is 95.3 Å². The van der Waals surface area contributed by atoms with Crippen molar-refractivity contribution in [3.63, 3.8) is 0 Å². The zero-order chi connectivity index (χ0) is 20.1. The van der Waals surface area contributed by atoms with Crippen molar-refractivity contribution < 1.29 is 17.6 Å². The van der Waals surface area contributed by atoms with E-state index < -0.39 is 15.8 Å². The van der Waals surface area contributed by atoms with Gasteiger partial charge in [-0.05, 0) is 42.3 Å². The van der Waals surface area contributed by atoms with Crippen LogP contribution in [0.25, 0.3) is 0 Å². The monoisotopic (exact) mass is 398 g/mol. The van der Waals surface area contributed by atoms with Crippen LogP contribution in [0.3, 0.4) is 0 Å². The molecule has 2 N–H and O–H groups in total. The third-order valence-corrected chi connectivity index (χ3v) is 5.54. The van der Waals surface area contributed by atoms with Crippen LogP contribution in [0, 0.1) is 12.7 Å². The molecule has 28 heavy (non-hydrogen) atoms. The SMILES string of the molecule is Cc1ccc(S(=O)(=O)Nc2ccccc2F)cc1C(=O)NCc1ccccc1. The lowest BCUT2D eigenvalue weighted by atomic mass is 10.1. The van der Waals surface area contributed by atoms with Gasteiger partial charge in [-0.3, -0.25) is 9.52 Å². The minimum Gasteiger partial charge on any atom is -0.348 e. The summed E-state index contributed by atoms with van der Waals surface area (Å²) in [4.78, 5) is 12.4. The molecule has 0 saturated heterocycles. The Kier molecular flexibility index (Phi) is 5.75. The average Bonchev–Trinajstić information content (AvgIpc) is 2.69. The van der Waals surface area contributed by atoms with Crippen molar-refractivity contribution in [1.29, 1.82) is 0 Å². The summed E-state index contributed by atoms with van der Waals surface area (Å²) in [6.07, 6.45) is 0. The summed E-state index contributed by atoms with van der Waals surface area (Å²) in [6.45, 7) is 2.04. The van der Waals surface area contributed by atoms with Crippen LogP contribution in [-0.2, 0) is 16.6 Å². The minimum atomic E-state index is -4.05. The number of hydrogen-bond donors (Lipinski definition) is 2.